The minimum atomic E-state index is -3.41. The quantitative estimate of drug-likeness (QED) is 0.610. The molecule has 27 heavy (non-hydrogen) atoms. The summed E-state index contributed by atoms with van der Waals surface area (Å²) in [4.78, 5) is 12.2. The monoisotopic (exact) mass is 452 g/mol. The van der Waals surface area contributed by atoms with Gasteiger partial charge in [0, 0.05) is 23.5 Å². The van der Waals surface area contributed by atoms with E-state index in [1.165, 1.54) is 0 Å². The third kappa shape index (κ3) is 7.82. The summed E-state index contributed by atoms with van der Waals surface area (Å²) in [5.41, 5.74) is 2.59. The molecule has 1 amide bonds. The summed E-state index contributed by atoms with van der Waals surface area (Å²) < 4.78 is 27.9. The van der Waals surface area contributed by atoms with Gasteiger partial charge in [0.25, 0.3) is 0 Å². The van der Waals surface area contributed by atoms with Crippen molar-refractivity contribution < 1.29 is 13.2 Å². The van der Waals surface area contributed by atoms with Gasteiger partial charge in [0.2, 0.25) is 15.9 Å². The third-order valence-corrected chi connectivity index (χ3v) is 5.90. The molecule has 0 saturated carbocycles. The lowest BCUT2D eigenvalue weighted by molar-refractivity contribution is -0.121. The normalized spacial score (nSPS) is 11.6. The first-order valence-electron chi connectivity index (χ1n) is 8.83. The number of carbonyl (C=O) groups excluding carboxylic acids is 1. The first kappa shape index (κ1) is 21.6. The van der Waals surface area contributed by atoms with Crippen molar-refractivity contribution in [2.75, 3.05) is 0 Å². The Morgan fingerprint density at radius 1 is 1.07 bits per heavy atom. The molecule has 0 saturated heterocycles. The van der Waals surface area contributed by atoms with Gasteiger partial charge in [-0.25, -0.2) is 13.1 Å². The minimum Gasteiger partial charge on any atom is -0.352 e. The fourth-order valence-corrected chi connectivity index (χ4v) is 4.65. The van der Waals surface area contributed by atoms with Gasteiger partial charge in [-0.15, -0.1) is 0 Å². The highest BCUT2D eigenvalue weighted by molar-refractivity contribution is 9.10. The second-order valence-electron chi connectivity index (χ2n) is 6.71. The molecule has 7 heteroatoms. The van der Waals surface area contributed by atoms with Crippen LogP contribution in [0.25, 0.3) is 0 Å². The van der Waals surface area contributed by atoms with Crippen LogP contribution in [0, 0.1) is 0 Å². The van der Waals surface area contributed by atoms with Gasteiger partial charge < -0.3 is 5.32 Å². The van der Waals surface area contributed by atoms with Crippen LogP contribution in [0.4, 0.5) is 0 Å². The second-order valence-corrected chi connectivity index (χ2v) is 9.38. The lowest BCUT2D eigenvalue weighted by Crippen LogP contribution is -2.32. The maximum atomic E-state index is 12.2. The van der Waals surface area contributed by atoms with Gasteiger partial charge >= 0.3 is 0 Å². The Kier molecular flexibility index (Phi) is 8.01. The summed E-state index contributed by atoms with van der Waals surface area (Å²) in [5.74, 6) is -0.164. The summed E-state index contributed by atoms with van der Waals surface area (Å²) in [6, 6.07) is 15.0. The molecule has 2 rings (SSSR count). The Labute approximate surface area is 169 Å². The van der Waals surface area contributed by atoms with Gasteiger partial charge in [-0.3, -0.25) is 4.79 Å². The minimum absolute atomic E-state index is 0.0621. The number of amides is 1. The molecule has 2 N–H and O–H groups in total. The van der Waals surface area contributed by atoms with Crippen molar-refractivity contribution in [3.05, 3.63) is 69.7 Å². The summed E-state index contributed by atoms with van der Waals surface area (Å²) in [5, 5.41) is 2.88. The highest BCUT2D eigenvalue weighted by atomic mass is 79.9. The summed E-state index contributed by atoms with van der Waals surface area (Å²) in [7, 11) is -3.41. The average molecular weight is 453 g/mol. The van der Waals surface area contributed by atoms with Gasteiger partial charge in [-0.05, 0) is 49.1 Å². The van der Waals surface area contributed by atoms with E-state index in [0.717, 1.165) is 15.6 Å². The Morgan fingerprint density at radius 3 is 2.44 bits per heavy atom. The predicted octanol–water partition coefficient (Wildman–Crippen LogP) is 3.53. The highest BCUT2D eigenvalue weighted by Gasteiger charge is 2.15. The lowest BCUT2D eigenvalue weighted by atomic mass is 10.1. The van der Waals surface area contributed by atoms with Crippen molar-refractivity contribution >= 4 is 31.9 Å². The number of benzene rings is 2. The number of sulfonamides is 1. The molecular weight excluding hydrogens is 428 g/mol. The number of carbonyl (C=O) groups is 1. The molecular formula is C20H25BrN2O3S. The number of hydrogen-bond acceptors (Lipinski definition) is 3. The first-order valence-corrected chi connectivity index (χ1v) is 11.3. The van der Waals surface area contributed by atoms with Crippen LogP contribution < -0.4 is 10.0 Å². The van der Waals surface area contributed by atoms with Crippen molar-refractivity contribution in [3.63, 3.8) is 0 Å². The molecule has 0 aliphatic carbocycles. The predicted molar refractivity (Wildman–Crippen MR) is 112 cm³/mol. The van der Waals surface area contributed by atoms with Crippen molar-refractivity contribution in [2.24, 2.45) is 0 Å². The van der Waals surface area contributed by atoms with E-state index in [0.29, 0.717) is 24.9 Å². The molecule has 146 valence electrons. The number of aryl methyl sites for hydroxylation is 1. The zero-order valence-corrected chi connectivity index (χ0v) is 17.9. The molecule has 2 aromatic rings. The summed E-state index contributed by atoms with van der Waals surface area (Å²) >= 11 is 3.42. The van der Waals surface area contributed by atoms with E-state index < -0.39 is 10.0 Å². The maximum Gasteiger partial charge on any atom is 0.220 e. The topological polar surface area (TPSA) is 75.3 Å². The van der Waals surface area contributed by atoms with Crippen molar-refractivity contribution in [1.29, 1.82) is 0 Å². The summed E-state index contributed by atoms with van der Waals surface area (Å²) in [6.45, 7) is 3.88. The number of rotatable bonds is 9. The van der Waals surface area contributed by atoms with Crippen LogP contribution in [-0.2, 0) is 33.5 Å². The van der Waals surface area contributed by atoms with E-state index in [9.17, 15) is 13.2 Å². The zero-order chi connectivity index (χ0) is 19.9. The van der Waals surface area contributed by atoms with Gasteiger partial charge in [0.1, 0.15) is 0 Å². The molecule has 0 atom stereocenters. The van der Waals surface area contributed by atoms with Crippen LogP contribution in [0.3, 0.4) is 0 Å². The number of nitrogens with one attached hydrogen (secondary N) is 2. The fourth-order valence-electron chi connectivity index (χ4n) is 2.71. The van der Waals surface area contributed by atoms with Crippen molar-refractivity contribution in [1.82, 2.24) is 10.0 Å². The fraction of sp³-hybridized carbons (Fsp3) is 0.350. The third-order valence-electron chi connectivity index (χ3n) is 3.88. The van der Waals surface area contributed by atoms with Crippen LogP contribution in [0.1, 0.15) is 37.0 Å². The SMILES string of the molecule is CC(C)NS(=O)(=O)Cc1ccccc1CNC(=O)CCc1cccc(Br)c1. The Morgan fingerprint density at radius 2 is 1.78 bits per heavy atom. The molecule has 0 fully saturated rings. The molecule has 5 nitrogen and oxygen atoms in total. The molecule has 0 spiro atoms. The van der Waals surface area contributed by atoms with Crippen molar-refractivity contribution in [3.8, 4) is 0 Å². The smallest absolute Gasteiger partial charge is 0.220 e. The lowest BCUT2D eigenvalue weighted by Gasteiger charge is -2.13. The van der Waals surface area contributed by atoms with Crippen molar-refractivity contribution in [2.45, 2.75) is 45.0 Å². The van der Waals surface area contributed by atoms with Crippen LogP contribution in [0.5, 0.6) is 0 Å². The van der Waals surface area contributed by atoms with E-state index in [4.69, 9.17) is 0 Å². The Balaban J connectivity index is 1.92. The zero-order valence-electron chi connectivity index (χ0n) is 15.5. The van der Waals surface area contributed by atoms with E-state index in [1.54, 1.807) is 26.0 Å². The number of hydrogen-bond donors (Lipinski definition) is 2. The van der Waals surface area contributed by atoms with Gasteiger partial charge in [0.15, 0.2) is 0 Å². The Hall–Kier alpha value is -1.70. The van der Waals surface area contributed by atoms with E-state index in [2.05, 4.69) is 26.0 Å². The summed E-state index contributed by atoms with van der Waals surface area (Å²) in [6.07, 6.45) is 1.03. The molecule has 0 heterocycles. The van der Waals surface area contributed by atoms with E-state index >= 15 is 0 Å². The van der Waals surface area contributed by atoms with Crippen LogP contribution in [-0.4, -0.2) is 20.4 Å². The molecule has 2 aromatic carbocycles. The van der Waals surface area contributed by atoms with Crippen LogP contribution in [0.2, 0.25) is 0 Å². The van der Waals surface area contributed by atoms with Crippen LogP contribution >= 0.6 is 15.9 Å². The molecule has 0 aliphatic heterocycles. The molecule has 0 unspecified atom stereocenters. The maximum absolute atomic E-state index is 12.2. The largest absolute Gasteiger partial charge is 0.352 e. The average Bonchev–Trinajstić information content (AvgIpc) is 2.58. The standard InChI is InChI=1S/C20H25BrN2O3S/c1-15(2)23-27(25,26)14-18-8-4-3-7-17(18)13-22-20(24)11-10-16-6-5-9-19(21)12-16/h3-9,12,15,23H,10-11,13-14H2,1-2H3,(H,22,24). The molecule has 0 radical (unpaired) electrons. The van der Waals surface area contributed by atoms with Gasteiger partial charge in [0.05, 0.1) is 5.75 Å². The van der Waals surface area contributed by atoms with Crippen LogP contribution in [0.15, 0.2) is 53.0 Å². The van der Waals surface area contributed by atoms with E-state index in [-0.39, 0.29) is 17.7 Å². The molecule has 0 bridgehead atoms. The second kappa shape index (κ2) is 10.0. The van der Waals surface area contributed by atoms with Gasteiger partial charge in [-0.2, -0.15) is 0 Å². The van der Waals surface area contributed by atoms with Gasteiger partial charge in [-0.1, -0.05) is 52.3 Å². The first-order chi connectivity index (χ1) is 12.7. The Bertz CT molecular complexity index is 882. The molecule has 0 aromatic heterocycles. The molecule has 0 aliphatic rings. The number of halogens is 1. The van der Waals surface area contributed by atoms with E-state index in [1.807, 2.05) is 36.4 Å². The highest BCUT2D eigenvalue weighted by Crippen LogP contribution is 2.14.